The van der Waals surface area contributed by atoms with E-state index in [1.54, 1.807) is 6.07 Å². The van der Waals surface area contributed by atoms with E-state index in [2.05, 4.69) is 19.2 Å². The van der Waals surface area contributed by atoms with Gasteiger partial charge in [-0.3, -0.25) is 0 Å². The molecule has 2 rings (SSSR count). The maximum Gasteiger partial charge on any atom is 0.129 e. The van der Waals surface area contributed by atoms with Gasteiger partial charge in [0, 0.05) is 12.1 Å². The van der Waals surface area contributed by atoms with E-state index in [1.807, 2.05) is 0 Å². The molecule has 0 bridgehead atoms. The van der Waals surface area contributed by atoms with Gasteiger partial charge in [0.25, 0.3) is 0 Å². The molecule has 1 aliphatic carbocycles. The van der Waals surface area contributed by atoms with Gasteiger partial charge >= 0.3 is 0 Å². The summed E-state index contributed by atoms with van der Waals surface area (Å²) in [4.78, 5) is 0. The molecule has 2 unspecified atom stereocenters. The van der Waals surface area contributed by atoms with Crippen molar-refractivity contribution in [2.75, 3.05) is 6.54 Å². The quantitative estimate of drug-likeness (QED) is 0.830. The van der Waals surface area contributed by atoms with Gasteiger partial charge in [0.2, 0.25) is 0 Å². The number of benzene rings is 1. The fourth-order valence-corrected chi connectivity index (χ4v) is 2.04. The van der Waals surface area contributed by atoms with Crippen LogP contribution in [0.1, 0.15) is 31.7 Å². The van der Waals surface area contributed by atoms with Crippen LogP contribution in [0.5, 0.6) is 0 Å². The summed E-state index contributed by atoms with van der Waals surface area (Å²) in [6, 6.07) is 4.34. The summed E-state index contributed by atoms with van der Waals surface area (Å²) in [6.07, 6.45) is 1.00. The van der Waals surface area contributed by atoms with Crippen LogP contribution in [0.2, 0.25) is 0 Å². The van der Waals surface area contributed by atoms with Gasteiger partial charge in [-0.25, -0.2) is 8.78 Å². The third-order valence-corrected chi connectivity index (χ3v) is 3.07. The third-order valence-electron chi connectivity index (χ3n) is 3.07. The van der Waals surface area contributed by atoms with Gasteiger partial charge in [-0.05, 0) is 36.4 Å². The summed E-state index contributed by atoms with van der Waals surface area (Å²) in [5.41, 5.74) is 0.664. The van der Waals surface area contributed by atoms with Crippen molar-refractivity contribution in [1.29, 1.82) is 0 Å². The van der Waals surface area contributed by atoms with Crippen molar-refractivity contribution in [3.8, 4) is 0 Å². The van der Waals surface area contributed by atoms with Crippen LogP contribution >= 0.6 is 0 Å². The largest absolute Gasteiger partial charge is 0.314 e. The predicted octanol–water partition coefficient (Wildman–Crippen LogP) is 3.07. The minimum Gasteiger partial charge on any atom is -0.314 e. The Labute approximate surface area is 94.9 Å². The van der Waals surface area contributed by atoms with Crippen molar-refractivity contribution in [1.82, 2.24) is 5.32 Å². The molecule has 0 radical (unpaired) electrons. The van der Waals surface area contributed by atoms with Gasteiger partial charge in [-0.2, -0.15) is 0 Å². The fraction of sp³-hybridized carbons (Fsp3) is 0.538. The van der Waals surface area contributed by atoms with Crippen molar-refractivity contribution in [2.24, 2.45) is 5.92 Å². The van der Waals surface area contributed by atoms with Gasteiger partial charge in [-0.1, -0.05) is 19.9 Å². The van der Waals surface area contributed by atoms with Crippen LogP contribution in [0, 0.1) is 17.6 Å². The molecule has 1 saturated carbocycles. The summed E-state index contributed by atoms with van der Waals surface area (Å²) in [7, 11) is 0. The van der Waals surface area contributed by atoms with E-state index in [9.17, 15) is 8.78 Å². The molecule has 1 N–H and O–H groups in total. The molecule has 0 spiro atoms. The Kier molecular flexibility index (Phi) is 3.24. The number of halogens is 2. The first-order chi connectivity index (χ1) is 7.58. The summed E-state index contributed by atoms with van der Waals surface area (Å²) >= 11 is 0. The Bertz CT molecular complexity index is 376. The lowest BCUT2D eigenvalue weighted by molar-refractivity contribution is 0.544. The van der Waals surface area contributed by atoms with E-state index < -0.39 is 11.6 Å². The van der Waals surface area contributed by atoms with E-state index in [1.165, 1.54) is 6.07 Å². The van der Waals surface area contributed by atoms with E-state index in [0.29, 0.717) is 17.5 Å². The highest BCUT2D eigenvalue weighted by molar-refractivity contribution is 5.28. The molecule has 1 aromatic rings. The summed E-state index contributed by atoms with van der Waals surface area (Å²) < 4.78 is 26.2. The molecule has 16 heavy (non-hydrogen) atoms. The van der Waals surface area contributed by atoms with Gasteiger partial charge < -0.3 is 5.32 Å². The van der Waals surface area contributed by atoms with Gasteiger partial charge in [0.05, 0.1) is 0 Å². The molecular formula is C13H17F2N. The molecular weight excluding hydrogens is 208 g/mol. The molecule has 1 aliphatic rings. The van der Waals surface area contributed by atoms with Crippen molar-refractivity contribution < 1.29 is 8.78 Å². The van der Waals surface area contributed by atoms with Gasteiger partial charge in [0.1, 0.15) is 11.6 Å². The topological polar surface area (TPSA) is 12.0 Å². The van der Waals surface area contributed by atoms with Gasteiger partial charge in [-0.15, -0.1) is 0 Å². The van der Waals surface area contributed by atoms with Gasteiger partial charge in [0.15, 0.2) is 0 Å². The normalized spacial score (nSPS) is 23.8. The Hall–Kier alpha value is -0.960. The van der Waals surface area contributed by atoms with E-state index in [0.717, 1.165) is 19.0 Å². The van der Waals surface area contributed by atoms with Crippen LogP contribution in [0.4, 0.5) is 8.78 Å². The molecule has 0 aromatic heterocycles. The Morgan fingerprint density at radius 1 is 1.38 bits per heavy atom. The highest BCUT2D eigenvalue weighted by Gasteiger charge is 2.39. The lowest BCUT2D eigenvalue weighted by Crippen LogP contribution is -2.25. The number of rotatable bonds is 4. The van der Waals surface area contributed by atoms with Crippen molar-refractivity contribution in [3.63, 3.8) is 0 Å². The van der Waals surface area contributed by atoms with Crippen LogP contribution < -0.4 is 5.32 Å². The predicted molar refractivity (Wildman–Crippen MR) is 60.3 cm³/mol. The average Bonchev–Trinajstić information content (AvgIpc) is 2.94. The Balaban J connectivity index is 1.95. The molecule has 88 valence electrons. The lowest BCUT2D eigenvalue weighted by atomic mass is 10.1. The van der Waals surface area contributed by atoms with Crippen LogP contribution in [0.15, 0.2) is 18.2 Å². The smallest absolute Gasteiger partial charge is 0.129 e. The maximum absolute atomic E-state index is 13.5. The number of hydrogen-bond donors (Lipinski definition) is 1. The average molecular weight is 225 g/mol. The summed E-state index contributed by atoms with van der Waals surface area (Å²) in [5, 5.41) is 3.34. The second-order valence-electron chi connectivity index (χ2n) is 4.83. The zero-order valence-electron chi connectivity index (χ0n) is 9.63. The minimum atomic E-state index is -0.501. The highest BCUT2D eigenvalue weighted by Crippen LogP contribution is 2.47. The first kappa shape index (κ1) is 11.5. The van der Waals surface area contributed by atoms with Crippen molar-refractivity contribution in [2.45, 2.75) is 32.2 Å². The second-order valence-corrected chi connectivity index (χ2v) is 4.83. The van der Waals surface area contributed by atoms with Crippen molar-refractivity contribution in [3.05, 3.63) is 35.4 Å². The molecule has 2 atom stereocenters. The lowest BCUT2D eigenvalue weighted by Gasteiger charge is -2.07. The van der Waals surface area contributed by atoms with E-state index in [4.69, 9.17) is 0 Å². The van der Waals surface area contributed by atoms with Crippen LogP contribution in [0.3, 0.4) is 0 Å². The molecule has 0 heterocycles. The Morgan fingerprint density at radius 2 is 2.12 bits per heavy atom. The molecule has 3 heteroatoms. The third kappa shape index (κ3) is 2.59. The maximum atomic E-state index is 13.5. The Morgan fingerprint density at radius 3 is 2.75 bits per heavy atom. The second kappa shape index (κ2) is 4.50. The standard InChI is InChI=1S/C13H17F2N/c1-8(2)16-7-9-5-12(9)11-4-3-10(14)6-13(11)15/h3-4,6,8-9,12,16H,5,7H2,1-2H3. The number of hydrogen-bond acceptors (Lipinski definition) is 1. The molecule has 0 saturated heterocycles. The molecule has 1 fully saturated rings. The fourth-order valence-electron chi connectivity index (χ4n) is 2.04. The minimum absolute atomic E-state index is 0.270. The van der Waals surface area contributed by atoms with Crippen LogP contribution in [0.25, 0.3) is 0 Å². The summed E-state index contributed by atoms with van der Waals surface area (Å²) in [6.45, 7) is 5.10. The molecule has 0 aliphatic heterocycles. The monoisotopic (exact) mass is 225 g/mol. The zero-order chi connectivity index (χ0) is 11.7. The molecule has 1 nitrogen and oxygen atoms in total. The van der Waals surface area contributed by atoms with Crippen LogP contribution in [-0.4, -0.2) is 12.6 Å². The van der Waals surface area contributed by atoms with E-state index in [-0.39, 0.29) is 5.92 Å². The van der Waals surface area contributed by atoms with Crippen LogP contribution in [-0.2, 0) is 0 Å². The highest BCUT2D eigenvalue weighted by atomic mass is 19.1. The first-order valence-corrected chi connectivity index (χ1v) is 5.76. The molecule has 1 aromatic carbocycles. The van der Waals surface area contributed by atoms with E-state index >= 15 is 0 Å². The van der Waals surface area contributed by atoms with Crippen molar-refractivity contribution >= 4 is 0 Å². The number of nitrogens with one attached hydrogen (secondary N) is 1. The SMILES string of the molecule is CC(C)NCC1CC1c1ccc(F)cc1F. The first-order valence-electron chi connectivity index (χ1n) is 5.76. The summed E-state index contributed by atoms with van der Waals surface area (Å²) in [5.74, 6) is -0.134. The molecule has 0 amide bonds. The zero-order valence-corrected chi connectivity index (χ0v) is 9.63.